The van der Waals surface area contributed by atoms with E-state index in [2.05, 4.69) is 19.2 Å². The van der Waals surface area contributed by atoms with Crippen molar-refractivity contribution in [1.82, 2.24) is 5.32 Å². The average Bonchev–Trinajstić information content (AvgIpc) is 3.31. The molecule has 0 saturated carbocycles. The van der Waals surface area contributed by atoms with Gasteiger partial charge in [-0.25, -0.2) is 0 Å². The van der Waals surface area contributed by atoms with Crippen LogP contribution in [0.15, 0.2) is 0 Å². The molecule has 0 aliphatic carbocycles. The van der Waals surface area contributed by atoms with Crippen molar-refractivity contribution in [2.75, 3.05) is 13.2 Å². The van der Waals surface area contributed by atoms with Crippen molar-refractivity contribution in [3.8, 4) is 0 Å². The van der Waals surface area contributed by atoms with Crippen LogP contribution in [0.5, 0.6) is 0 Å². The zero-order valence-corrected chi connectivity index (χ0v) is 43.2. The number of nitrogens with two attached hydrogens (primary N) is 1. The number of carbonyl (C=O) groups is 8. The molecule has 0 heterocycles. The Hall–Kier alpha value is -4.04. The Morgan fingerprint density at radius 1 is 0.435 bits per heavy atom. The van der Waals surface area contributed by atoms with Gasteiger partial charge in [-0.15, -0.1) is 0 Å². The van der Waals surface area contributed by atoms with Crippen LogP contribution in [0.3, 0.4) is 0 Å². The number of primary amides is 1. The molecular formula is C54H96N2O13. The summed E-state index contributed by atoms with van der Waals surface area (Å²) in [6.45, 7) is 3.78. The van der Waals surface area contributed by atoms with E-state index in [1.54, 1.807) is 0 Å². The van der Waals surface area contributed by atoms with Gasteiger partial charge in [0.1, 0.15) is 25.0 Å². The molecule has 69 heavy (non-hydrogen) atoms. The lowest BCUT2D eigenvalue weighted by atomic mass is 9.93. The van der Waals surface area contributed by atoms with E-state index >= 15 is 0 Å². The second-order valence-electron chi connectivity index (χ2n) is 19.1. The van der Waals surface area contributed by atoms with Crippen molar-refractivity contribution in [2.24, 2.45) is 11.7 Å². The quantitative estimate of drug-likeness (QED) is 0.0252. The van der Waals surface area contributed by atoms with E-state index in [4.69, 9.17) is 25.1 Å². The highest BCUT2D eigenvalue weighted by molar-refractivity contribution is 5.91. The van der Waals surface area contributed by atoms with Gasteiger partial charge in [0.25, 0.3) is 0 Å². The van der Waals surface area contributed by atoms with Gasteiger partial charge >= 0.3 is 29.8 Å². The van der Waals surface area contributed by atoms with Gasteiger partial charge in [0, 0.05) is 44.4 Å². The maximum absolute atomic E-state index is 13.0. The standard InChI is InChI=1S/C54H96N2O13/c1-3-5-7-9-11-13-15-17-19-21-23-25-27-29-31-33-50(62)67-42-46(69-52(64)34-32-30-28-26-24-22-20-18-16-14-12-10-8-6-4-2)43-68-51(63)40-36-45(57)41-44(35-38-48(58)59)54(66)56-47(53(55)65)37-39-49(60)61/h44,46-47H,3-43H2,1-2H3,(H2,55,65)(H,56,66)(H,58,59)(H,60,61). The average molecular weight is 981 g/mol. The molecule has 0 fully saturated rings. The second kappa shape index (κ2) is 46.3. The highest BCUT2D eigenvalue weighted by Crippen LogP contribution is 2.18. The molecule has 0 aromatic carbocycles. The smallest absolute Gasteiger partial charge is 0.306 e. The highest BCUT2D eigenvalue weighted by atomic mass is 16.6. The number of carbonyl (C=O) groups excluding carboxylic acids is 6. The Morgan fingerprint density at radius 3 is 1.16 bits per heavy atom. The number of nitrogens with one attached hydrogen (secondary N) is 1. The van der Waals surface area contributed by atoms with Crippen LogP contribution in [0.2, 0.25) is 0 Å². The van der Waals surface area contributed by atoms with E-state index < -0.39 is 97.8 Å². The second-order valence-corrected chi connectivity index (χ2v) is 19.1. The monoisotopic (exact) mass is 981 g/mol. The van der Waals surface area contributed by atoms with Gasteiger partial charge in [0.15, 0.2) is 6.10 Å². The highest BCUT2D eigenvalue weighted by Gasteiger charge is 2.28. The number of rotatable bonds is 51. The third-order valence-corrected chi connectivity index (χ3v) is 12.6. The summed E-state index contributed by atoms with van der Waals surface area (Å²) in [5.74, 6) is -7.74. The van der Waals surface area contributed by atoms with E-state index in [0.717, 1.165) is 38.5 Å². The van der Waals surface area contributed by atoms with Gasteiger partial charge in [0.05, 0.1) is 6.42 Å². The summed E-state index contributed by atoms with van der Waals surface area (Å²) in [6.07, 6.45) is 32.7. The van der Waals surface area contributed by atoms with Crippen molar-refractivity contribution in [1.29, 1.82) is 0 Å². The fourth-order valence-corrected chi connectivity index (χ4v) is 8.24. The molecule has 0 aromatic heterocycles. The number of hydrogen-bond acceptors (Lipinski definition) is 11. The van der Waals surface area contributed by atoms with Crippen LogP contribution < -0.4 is 11.1 Å². The first-order chi connectivity index (χ1) is 33.3. The number of carboxylic acids is 2. The molecule has 15 heteroatoms. The first-order valence-electron chi connectivity index (χ1n) is 27.3. The lowest BCUT2D eigenvalue weighted by Gasteiger charge is -2.20. The Kier molecular flexibility index (Phi) is 43.6. The largest absolute Gasteiger partial charge is 0.481 e. The van der Waals surface area contributed by atoms with Crippen LogP contribution in [-0.4, -0.2) is 83.0 Å². The van der Waals surface area contributed by atoms with Gasteiger partial charge in [-0.05, 0) is 25.7 Å². The molecule has 15 nitrogen and oxygen atoms in total. The van der Waals surface area contributed by atoms with Crippen molar-refractivity contribution in [3.05, 3.63) is 0 Å². The zero-order valence-electron chi connectivity index (χ0n) is 43.2. The SMILES string of the molecule is CCCCCCCCCCCCCCCCCC(=O)OCC(COC(=O)CCC(=O)CC(CCC(=O)O)C(=O)NC(CCC(=O)O)C(N)=O)OC(=O)CCCCCCCCCCCCCCCCC. The van der Waals surface area contributed by atoms with E-state index in [1.165, 1.54) is 141 Å². The van der Waals surface area contributed by atoms with Gasteiger partial charge in [0.2, 0.25) is 11.8 Å². The minimum absolute atomic E-state index is 0.167. The van der Waals surface area contributed by atoms with Crippen LogP contribution >= 0.6 is 0 Å². The van der Waals surface area contributed by atoms with Crippen LogP contribution in [0.25, 0.3) is 0 Å². The summed E-state index contributed by atoms with van der Waals surface area (Å²) in [6, 6.07) is -1.34. The molecule has 3 unspecified atom stereocenters. The fraction of sp³-hybridized carbons (Fsp3) is 0.852. The van der Waals surface area contributed by atoms with Crippen molar-refractivity contribution in [2.45, 2.75) is 276 Å². The van der Waals surface area contributed by atoms with Crippen molar-refractivity contribution < 1.29 is 62.8 Å². The first kappa shape index (κ1) is 65.0. The summed E-state index contributed by atoms with van der Waals surface area (Å²) in [5, 5.41) is 20.5. The van der Waals surface area contributed by atoms with Crippen molar-refractivity contribution >= 4 is 47.4 Å². The fourth-order valence-electron chi connectivity index (χ4n) is 8.24. The molecule has 2 amide bonds. The third kappa shape index (κ3) is 43.7. The molecule has 0 aliphatic rings. The lowest BCUT2D eigenvalue weighted by molar-refractivity contribution is -0.167. The molecule has 400 valence electrons. The number of unbranched alkanes of at least 4 members (excludes halogenated alkanes) is 28. The predicted molar refractivity (Wildman–Crippen MR) is 268 cm³/mol. The first-order valence-corrected chi connectivity index (χ1v) is 27.3. The normalized spacial score (nSPS) is 12.4. The van der Waals surface area contributed by atoms with Crippen LogP contribution in [0.4, 0.5) is 0 Å². The molecule has 0 aromatic rings. The Bertz CT molecular complexity index is 1390. The number of amides is 2. The number of Topliss-reactive ketones (excluding diaryl/α,β-unsaturated/α-hetero) is 1. The van der Waals surface area contributed by atoms with Gasteiger partial charge in [-0.2, -0.15) is 0 Å². The number of ether oxygens (including phenoxy) is 3. The molecule has 0 aliphatic heterocycles. The molecule has 0 rings (SSSR count). The third-order valence-electron chi connectivity index (χ3n) is 12.6. The van der Waals surface area contributed by atoms with E-state index in [1.807, 2.05) is 0 Å². The van der Waals surface area contributed by atoms with E-state index in [-0.39, 0.29) is 38.7 Å². The number of esters is 3. The summed E-state index contributed by atoms with van der Waals surface area (Å²) >= 11 is 0. The topological polar surface area (TPSA) is 243 Å². The van der Waals surface area contributed by atoms with Gasteiger partial charge < -0.3 is 35.5 Å². The van der Waals surface area contributed by atoms with Crippen molar-refractivity contribution in [3.63, 3.8) is 0 Å². The summed E-state index contributed by atoms with van der Waals surface area (Å²) < 4.78 is 16.4. The molecule has 5 N–H and O–H groups in total. The summed E-state index contributed by atoms with van der Waals surface area (Å²) in [5.41, 5.74) is 5.31. The predicted octanol–water partition coefficient (Wildman–Crippen LogP) is 11.6. The summed E-state index contributed by atoms with van der Waals surface area (Å²) in [4.78, 5) is 98.2. The minimum atomic E-state index is -1.34. The molecule has 0 saturated heterocycles. The molecule has 0 spiro atoms. The molecular weight excluding hydrogens is 885 g/mol. The number of ketones is 1. The zero-order chi connectivity index (χ0) is 51.2. The molecule has 0 bridgehead atoms. The van der Waals surface area contributed by atoms with Gasteiger partial charge in [-0.3, -0.25) is 38.4 Å². The molecule has 3 atom stereocenters. The Labute approximate surface area is 415 Å². The number of aliphatic carboxylic acids is 2. The summed E-state index contributed by atoms with van der Waals surface area (Å²) in [7, 11) is 0. The van der Waals surface area contributed by atoms with Crippen LogP contribution in [0, 0.1) is 5.92 Å². The van der Waals surface area contributed by atoms with Gasteiger partial charge in [-0.1, -0.05) is 194 Å². The molecule has 0 radical (unpaired) electrons. The Balaban J connectivity index is 4.95. The van der Waals surface area contributed by atoms with Crippen LogP contribution in [-0.2, 0) is 52.6 Å². The number of hydrogen-bond donors (Lipinski definition) is 4. The minimum Gasteiger partial charge on any atom is -0.481 e. The Morgan fingerprint density at radius 2 is 0.783 bits per heavy atom. The maximum Gasteiger partial charge on any atom is 0.306 e. The number of carboxylic acid groups (broad SMARTS) is 2. The van der Waals surface area contributed by atoms with Crippen LogP contribution in [0.1, 0.15) is 264 Å². The van der Waals surface area contributed by atoms with E-state index in [0.29, 0.717) is 12.8 Å². The van der Waals surface area contributed by atoms with E-state index in [9.17, 15) is 43.5 Å². The maximum atomic E-state index is 13.0. The lowest BCUT2D eigenvalue weighted by Crippen LogP contribution is -2.47.